The fourth-order valence-corrected chi connectivity index (χ4v) is 4.05. The van der Waals surface area contributed by atoms with Gasteiger partial charge < -0.3 is 14.7 Å². The lowest BCUT2D eigenvalue weighted by atomic mass is 9.92. The predicted molar refractivity (Wildman–Crippen MR) is 102 cm³/mol. The van der Waals surface area contributed by atoms with Crippen molar-refractivity contribution in [3.63, 3.8) is 0 Å². The molecule has 2 aromatic rings. The van der Waals surface area contributed by atoms with Crippen LogP contribution in [0.15, 0.2) is 54.6 Å². The molecule has 2 N–H and O–H groups in total. The maximum Gasteiger partial charge on any atom is 0.137 e. The normalized spacial score (nSPS) is 24.7. The molecule has 0 saturated carbocycles. The summed E-state index contributed by atoms with van der Waals surface area (Å²) in [4.78, 5) is 1.50. The highest BCUT2D eigenvalue weighted by Gasteiger charge is 2.26. The Hall–Kier alpha value is -1.84. The van der Waals surface area contributed by atoms with Crippen molar-refractivity contribution in [2.75, 3.05) is 26.2 Å². The molecule has 1 aliphatic heterocycles. The van der Waals surface area contributed by atoms with Gasteiger partial charge in [0.25, 0.3) is 0 Å². The number of aliphatic hydroxyl groups excluding tert-OH is 1. The number of hydrogen-bond donors (Lipinski definition) is 2. The van der Waals surface area contributed by atoms with Crippen molar-refractivity contribution in [3.05, 3.63) is 54.6 Å². The number of piperidine rings is 1. The molecule has 134 valence electrons. The van der Waals surface area contributed by atoms with E-state index in [9.17, 15) is 5.11 Å². The second-order valence-corrected chi connectivity index (χ2v) is 7.66. The average Bonchev–Trinajstić information content (AvgIpc) is 2.60. The molecule has 0 spiro atoms. The lowest BCUT2D eigenvalue weighted by molar-refractivity contribution is -0.915. The first-order valence-electron chi connectivity index (χ1n) is 9.40. The summed E-state index contributed by atoms with van der Waals surface area (Å²) in [5.74, 6) is 2.31. The van der Waals surface area contributed by atoms with Crippen LogP contribution in [0.4, 0.5) is 0 Å². The number of rotatable bonds is 6. The van der Waals surface area contributed by atoms with Gasteiger partial charge in [-0.15, -0.1) is 0 Å². The number of ether oxygens (including phenoxy) is 1. The molecule has 3 rings (SSSR count). The summed E-state index contributed by atoms with van der Waals surface area (Å²) >= 11 is 0. The Kier molecular flexibility index (Phi) is 6.11. The monoisotopic (exact) mass is 340 g/mol. The Morgan fingerprint density at radius 1 is 0.960 bits per heavy atom. The Bertz CT molecular complexity index is 631. The van der Waals surface area contributed by atoms with Gasteiger partial charge in [-0.1, -0.05) is 56.3 Å². The minimum atomic E-state index is -0.415. The number of nitrogens with one attached hydrogen (secondary N) is 1. The standard InChI is InChI=1S/C22H29NO2/c1-17-12-18(2)14-23(13-17)15-21(24)16-25-22-10-8-20(9-11-22)19-6-4-3-5-7-19/h3-11,17-18,21,24H,12-16H2,1-2H3/p+1/t17-,18-,21-/m0/s1. The Balaban J connectivity index is 1.48. The largest absolute Gasteiger partial charge is 0.491 e. The van der Waals surface area contributed by atoms with E-state index in [4.69, 9.17) is 4.74 Å². The molecule has 3 heteroatoms. The fourth-order valence-electron chi connectivity index (χ4n) is 4.05. The van der Waals surface area contributed by atoms with Gasteiger partial charge in [0, 0.05) is 11.8 Å². The van der Waals surface area contributed by atoms with Crippen LogP contribution in [0.1, 0.15) is 20.3 Å². The van der Waals surface area contributed by atoms with Crippen LogP contribution in [-0.4, -0.2) is 37.5 Å². The van der Waals surface area contributed by atoms with Crippen LogP contribution < -0.4 is 9.64 Å². The first-order chi connectivity index (χ1) is 12.1. The van der Waals surface area contributed by atoms with Gasteiger partial charge in [0.15, 0.2) is 0 Å². The zero-order valence-corrected chi connectivity index (χ0v) is 15.3. The van der Waals surface area contributed by atoms with Crippen LogP contribution in [0.2, 0.25) is 0 Å². The Morgan fingerprint density at radius 3 is 2.20 bits per heavy atom. The molecule has 0 aliphatic carbocycles. The second kappa shape index (κ2) is 8.50. The molecular formula is C22H30NO2+. The molecule has 3 atom stereocenters. The van der Waals surface area contributed by atoms with Gasteiger partial charge in [0.1, 0.15) is 25.0 Å². The average molecular weight is 340 g/mol. The van der Waals surface area contributed by atoms with Crippen LogP contribution >= 0.6 is 0 Å². The summed E-state index contributed by atoms with van der Waals surface area (Å²) in [5.41, 5.74) is 2.38. The highest BCUT2D eigenvalue weighted by molar-refractivity contribution is 5.63. The number of hydrogen-bond acceptors (Lipinski definition) is 2. The molecule has 2 aromatic carbocycles. The van der Waals surface area contributed by atoms with E-state index in [1.165, 1.54) is 22.4 Å². The summed E-state index contributed by atoms with van der Waals surface area (Å²) in [5, 5.41) is 10.3. The molecular weight excluding hydrogens is 310 g/mol. The van der Waals surface area contributed by atoms with Crippen molar-refractivity contribution in [1.82, 2.24) is 0 Å². The molecule has 0 bridgehead atoms. The lowest BCUT2D eigenvalue weighted by Crippen LogP contribution is -3.15. The lowest BCUT2D eigenvalue weighted by Gasteiger charge is -2.33. The zero-order valence-electron chi connectivity index (χ0n) is 15.3. The van der Waals surface area contributed by atoms with Crippen LogP contribution in [0.3, 0.4) is 0 Å². The van der Waals surface area contributed by atoms with Crippen LogP contribution in [0.25, 0.3) is 11.1 Å². The van der Waals surface area contributed by atoms with Gasteiger partial charge in [-0.3, -0.25) is 0 Å². The van der Waals surface area contributed by atoms with Gasteiger partial charge in [-0.25, -0.2) is 0 Å². The van der Waals surface area contributed by atoms with Gasteiger partial charge >= 0.3 is 0 Å². The molecule has 1 heterocycles. The SMILES string of the molecule is C[C@H]1C[C@H](C)C[NH+](C[C@H](O)COc2ccc(-c3ccccc3)cc2)C1. The van der Waals surface area contributed by atoms with E-state index < -0.39 is 6.10 Å². The molecule has 1 saturated heterocycles. The van der Waals surface area contributed by atoms with E-state index in [1.54, 1.807) is 0 Å². The summed E-state index contributed by atoms with van der Waals surface area (Å²) in [6.45, 7) is 8.08. The molecule has 0 radical (unpaired) electrons. The van der Waals surface area contributed by atoms with Crippen molar-refractivity contribution in [1.29, 1.82) is 0 Å². The topological polar surface area (TPSA) is 33.9 Å². The summed E-state index contributed by atoms with van der Waals surface area (Å²) in [7, 11) is 0. The van der Waals surface area contributed by atoms with Crippen molar-refractivity contribution in [2.24, 2.45) is 11.8 Å². The van der Waals surface area contributed by atoms with E-state index in [1.807, 2.05) is 30.3 Å². The summed E-state index contributed by atoms with van der Waals surface area (Å²) in [6, 6.07) is 18.4. The highest BCUT2D eigenvalue weighted by Crippen LogP contribution is 2.22. The van der Waals surface area contributed by atoms with Gasteiger partial charge in [-0.05, 0) is 29.7 Å². The molecule has 0 amide bonds. The van der Waals surface area contributed by atoms with E-state index in [-0.39, 0.29) is 0 Å². The first kappa shape index (κ1) is 18.0. The maximum atomic E-state index is 10.3. The summed E-state index contributed by atoms with van der Waals surface area (Å²) < 4.78 is 5.79. The Labute approximate surface area is 151 Å². The zero-order chi connectivity index (χ0) is 17.6. The molecule has 0 unspecified atom stereocenters. The van der Waals surface area contributed by atoms with E-state index in [2.05, 4.69) is 38.1 Å². The van der Waals surface area contributed by atoms with Crippen molar-refractivity contribution in [2.45, 2.75) is 26.4 Å². The predicted octanol–water partition coefficient (Wildman–Crippen LogP) is 2.65. The summed E-state index contributed by atoms with van der Waals surface area (Å²) in [6.07, 6.45) is 0.894. The van der Waals surface area contributed by atoms with Crippen LogP contribution in [-0.2, 0) is 0 Å². The number of likely N-dealkylation sites (tertiary alicyclic amines) is 1. The molecule has 25 heavy (non-hydrogen) atoms. The van der Waals surface area contributed by atoms with E-state index in [0.29, 0.717) is 6.61 Å². The van der Waals surface area contributed by atoms with Crippen LogP contribution in [0.5, 0.6) is 5.75 Å². The van der Waals surface area contributed by atoms with Crippen molar-refractivity contribution < 1.29 is 14.7 Å². The quantitative estimate of drug-likeness (QED) is 0.848. The van der Waals surface area contributed by atoms with Crippen molar-refractivity contribution >= 4 is 0 Å². The molecule has 3 nitrogen and oxygen atoms in total. The van der Waals surface area contributed by atoms with Crippen molar-refractivity contribution in [3.8, 4) is 16.9 Å². The smallest absolute Gasteiger partial charge is 0.137 e. The third kappa shape index (κ3) is 5.32. The molecule has 1 aliphatic rings. The number of aliphatic hydroxyl groups is 1. The molecule has 0 aromatic heterocycles. The highest BCUT2D eigenvalue weighted by atomic mass is 16.5. The first-order valence-corrected chi connectivity index (χ1v) is 9.40. The van der Waals surface area contributed by atoms with Crippen LogP contribution in [0, 0.1) is 11.8 Å². The molecule has 1 fully saturated rings. The number of benzene rings is 2. The van der Waals surface area contributed by atoms with Gasteiger partial charge in [0.2, 0.25) is 0 Å². The van der Waals surface area contributed by atoms with Gasteiger partial charge in [-0.2, -0.15) is 0 Å². The third-order valence-corrected chi connectivity index (χ3v) is 5.01. The Morgan fingerprint density at radius 2 is 1.56 bits per heavy atom. The fraction of sp³-hybridized carbons (Fsp3) is 0.455. The number of quaternary nitrogens is 1. The van der Waals surface area contributed by atoms with Gasteiger partial charge in [0.05, 0.1) is 13.1 Å². The maximum absolute atomic E-state index is 10.3. The second-order valence-electron chi connectivity index (χ2n) is 7.66. The third-order valence-electron chi connectivity index (χ3n) is 5.01. The van der Waals surface area contributed by atoms with E-state index >= 15 is 0 Å². The minimum absolute atomic E-state index is 0.358. The minimum Gasteiger partial charge on any atom is -0.491 e. The van der Waals surface area contributed by atoms with E-state index in [0.717, 1.165) is 37.2 Å².